The first-order valence-corrected chi connectivity index (χ1v) is 4.44. The van der Waals surface area contributed by atoms with Crippen molar-refractivity contribution in [3.05, 3.63) is 29.6 Å². The lowest BCUT2D eigenvalue weighted by molar-refractivity contribution is 0.112. The predicted octanol–water partition coefficient (Wildman–Crippen LogP) is 2.26. The van der Waals surface area contributed by atoms with Crippen molar-refractivity contribution in [1.29, 1.82) is 0 Å². The molecule has 13 heavy (non-hydrogen) atoms. The summed E-state index contributed by atoms with van der Waals surface area (Å²) in [4.78, 5) is 0. The zero-order chi connectivity index (χ0) is 9.26. The molecule has 3 heteroatoms. The fraction of sp³-hybridized carbons (Fsp3) is 0.400. The standard InChI is InChI=1S/C10H12FNO/c11-8-4-3-7(6-9(8)12)10-2-1-5-13-10/h3-4,6,10H,1-2,5,12H2. The number of benzene rings is 1. The molecule has 2 nitrogen and oxygen atoms in total. The van der Waals surface area contributed by atoms with Gasteiger partial charge in [-0.05, 0) is 30.5 Å². The zero-order valence-corrected chi connectivity index (χ0v) is 7.29. The summed E-state index contributed by atoms with van der Waals surface area (Å²) in [6.45, 7) is 0.794. The summed E-state index contributed by atoms with van der Waals surface area (Å²) in [5.74, 6) is -0.359. The highest BCUT2D eigenvalue weighted by Crippen LogP contribution is 2.29. The van der Waals surface area contributed by atoms with E-state index in [4.69, 9.17) is 10.5 Å². The first-order valence-electron chi connectivity index (χ1n) is 4.44. The molecule has 1 saturated heterocycles. The molecule has 0 saturated carbocycles. The Labute approximate surface area is 76.5 Å². The van der Waals surface area contributed by atoms with Gasteiger partial charge in [0.15, 0.2) is 0 Å². The van der Waals surface area contributed by atoms with Gasteiger partial charge in [-0.3, -0.25) is 0 Å². The summed E-state index contributed by atoms with van der Waals surface area (Å²) in [5.41, 5.74) is 6.64. The summed E-state index contributed by atoms with van der Waals surface area (Å²) in [6.07, 6.45) is 2.19. The van der Waals surface area contributed by atoms with Crippen molar-refractivity contribution in [2.45, 2.75) is 18.9 Å². The third kappa shape index (κ3) is 1.65. The normalized spacial score (nSPS) is 22.1. The van der Waals surface area contributed by atoms with E-state index in [-0.39, 0.29) is 17.6 Å². The number of rotatable bonds is 1. The summed E-state index contributed by atoms with van der Waals surface area (Å²) in [5, 5.41) is 0. The van der Waals surface area contributed by atoms with E-state index in [2.05, 4.69) is 0 Å². The van der Waals surface area contributed by atoms with Gasteiger partial charge in [-0.25, -0.2) is 4.39 Å². The Hall–Kier alpha value is -1.09. The lowest BCUT2D eigenvalue weighted by Gasteiger charge is -2.10. The number of nitrogen functional groups attached to an aromatic ring is 1. The summed E-state index contributed by atoms with van der Waals surface area (Å²) < 4.78 is 18.3. The molecular weight excluding hydrogens is 169 g/mol. The highest BCUT2D eigenvalue weighted by Gasteiger charge is 2.18. The van der Waals surface area contributed by atoms with E-state index in [1.54, 1.807) is 12.1 Å². The van der Waals surface area contributed by atoms with Gasteiger partial charge in [0.1, 0.15) is 5.82 Å². The van der Waals surface area contributed by atoms with E-state index < -0.39 is 0 Å². The third-order valence-corrected chi connectivity index (χ3v) is 2.32. The quantitative estimate of drug-likeness (QED) is 0.674. The molecule has 1 aromatic carbocycles. The van der Waals surface area contributed by atoms with Gasteiger partial charge in [0.2, 0.25) is 0 Å². The van der Waals surface area contributed by atoms with Gasteiger partial charge in [0.05, 0.1) is 11.8 Å². The van der Waals surface area contributed by atoms with Crippen LogP contribution in [0.1, 0.15) is 24.5 Å². The van der Waals surface area contributed by atoms with Gasteiger partial charge >= 0.3 is 0 Å². The fourth-order valence-electron chi connectivity index (χ4n) is 1.60. The van der Waals surface area contributed by atoms with Crippen LogP contribution in [0.3, 0.4) is 0 Å². The van der Waals surface area contributed by atoms with Gasteiger partial charge in [-0.2, -0.15) is 0 Å². The summed E-state index contributed by atoms with van der Waals surface area (Å²) >= 11 is 0. The van der Waals surface area contributed by atoms with E-state index in [1.807, 2.05) is 0 Å². The van der Waals surface area contributed by atoms with E-state index >= 15 is 0 Å². The lowest BCUT2D eigenvalue weighted by Crippen LogP contribution is -1.98. The van der Waals surface area contributed by atoms with Crippen LogP contribution >= 0.6 is 0 Å². The predicted molar refractivity (Wildman–Crippen MR) is 48.7 cm³/mol. The van der Waals surface area contributed by atoms with Crippen LogP contribution in [0.25, 0.3) is 0 Å². The Balaban J connectivity index is 2.25. The van der Waals surface area contributed by atoms with Crippen LogP contribution in [0.15, 0.2) is 18.2 Å². The first-order chi connectivity index (χ1) is 6.27. The number of halogens is 1. The molecule has 0 aliphatic carbocycles. The van der Waals surface area contributed by atoms with Crippen molar-refractivity contribution in [3.63, 3.8) is 0 Å². The maximum Gasteiger partial charge on any atom is 0.146 e. The molecule has 0 spiro atoms. The third-order valence-electron chi connectivity index (χ3n) is 2.32. The molecule has 0 aromatic heterocycles. The fourth-order valence-corrected chi connectivity index (χ4v) is 1.60. The molecule has 1 atom stereocenters. The molecule has 0 bridgehead atoms. The highest BCUT2D eigenvalue weighted by atomic mass is 19.1. The summed E-state index contributed by atoms with van der Waals surface area (Å²) in [6, 6.07) is 4.79. The molecule has 1 unspecified atom stereocenters. The van der Waals surface area contributed by atoms with Gasteiger partial charge < -0.3 is 10.5 Å². The second-order valence-electron chi connectivity index (χ2n) is 3.28. The van der Waals surface area contributed by atoms with Crippen LogP contribution in [-0.2, 0) is 4.74 Å². The van der Waals surface area contributed by atoms with E-state index in [1.165, 1.54) is 6.07 Å². The molecule has 70 valence electrons. The van der Waals surface area contributed by atoms with E-state index in [9.17, 15) is 4.39 Å². The molecule has 1 heterocycles. The second kappa shape index (κ2) is 3.34. The SMILES string of the molecule is Nc1cc(C2CCCO2)ccc1F. The molecule has 1 fully saturated rings. The molecule has 1 aliphatic rings. The largest absolute Gasteiger partial charge is 0.396 e. The van der Waals surface area contributed by atoms with Crippen molar-refractivity contribution in [2.75, 3.05) is 12.3 Å². The molecule has 2 N–H and O–H groups in total. The monoisotopic (exact) mass is 181 g/mol. The van der Waals surface area contributed by atoms with Crippen LogP contribution in [0.5, 0.6) is 0 Å². The Morgan fingerprint density at radius 2 is 2.31 bits per heavy atom. The van der Waals surface area contributed by atoms with E-state index in [0.29, 0.717) is 0 Å². The first kappa shape index (κ1) is 8.51. The molecule has 0 amide bonds. The van der Waals surface area contributed by atoms with Crippen LogP contribution in [-0.4, -0.2) is 6.61 Å². The van der Waals surface area contributed by atoms with Crippen LogP contribution in [0.2, 0.25) is 0 Å². The Bertz CT molecular complexity index is 308. The van der Waals surface area contributed by atoms with Crippen molar-refractivity contribution < 1.29 is 9.13 Å². The minimum Gasteiger partial charge on any atom is -0.396 e. The molecule has 1 aliphatic heterocycles. The number of ether oxygens (including phenoxy) is 1. The number of hydrogen-bond donors (Lipinski definition) is 1. The van der Waals surface area contributed by atoms with E-state index in [0.717, 1.165) is 25.0 Å². The maximum atomic E-state index is 12.8. The summed E-state index contributed by atoms with van der Waals surface area (Å²) in [7, 11) is 0. The average molecular weight is 181 g/mol. The maximum absolute atomic E-state index is 12.8. The second-order valence-corrected chi connectivity index (χ2v) is 3.28. The van der Waals surface area contributed by atoms with Crippen LogP contribution in [0.4, 0.5) is 10.1 Å². The molecular formula is C10H12FNO. The van der Waals surface area contributed by atoms with Gasteiger partial charge in [-0.1, -0.05) is 6.07 Å². The van der Waals surface area contributed by atoms with Crippen molar-refractivity contribution in [2.24, 2.45) is 0 Å². The minimum atomic E-state index is -0.359. The molecule has 2 rings (SSSR count). The number of nitrogens with two attached hydrogens (primary N) is 1. The zero-order valence-electron chi connectivity index (χ0n) is 7.29. The average Bonchev–Trinajstić information content (AvgIpc) is 2.62. The highest BCUT2D eigenvalue weighted by molar-refractivity contribution is 5.43. The van der Waals surface area contributed by atoms with Gasteiger partial charge in [0.25, 0.3) is 0 Å². The topological polar surface area (TPSA) is 35.2 Å². The molecule has 1 aromatic rings. The number of anilines is 1. The lowest BCUT2D eigenvalue weighted by atomic mass is 10.1. The van der Waals surface area contributed by atoms with Crippen LogP contribution < -0.4 is 5.73 Å². The number of hydrogen-bond acceptors (Lipinski definition) is 2. The van der Waals surface area contributed by atoms with Gasteiger partial charge in [-0.15, -0.1) is 0 Å². The van der Waals surface area contributed by atoms with Gasteiger partial charge in [0, 0.05) is 6.61 Å². The minimum absolute atomic E-state index is 0.114. The Kier molecular flexibility index (Phi) is 2.19. The van der Waals surface area contributed by atoms with Crippen molar-refractivity contribution >= 4 is 5.69 Å². The Morgan fingerprint density at radius 3 is 2.92 bits per heavy atom. The smallest absolute Gasteiger partial charge is 0.146 e. The molecule has 0 radical (unpaired) electrons. The van der Waals surface area contributed by atoms with Crippen molar-refractivity contribution in [3.8, 4) is 0 Å². The Morgan fingerprint density at radius 1 is 1.46 bits per heavy atom. The van der Waals surface area contributed by atoms with Crippen molar-refractivity contribution in [1.82, 2.24) is 0 Å². The van der Waals surface area contributed by atoms with Crippen LogP contribution in [0, 0.1) is 5.82 Å².